The molecule has 1 fully saturated rings. The number of hydrogen-bond acceptors (Lipinski definition) is 1. The van der Waals surface area contributed by atoms with E-state index in [9.17, 15) is 0 Å². The monoisotopic (exact) mass is 253 g/mol. The van der Waals surface area contributed by atoms with Crippen LogP contribution in [0.25, 0.3) is 0 Å². The number of likely N-dealkylation sites (tertiary alicyclic amines) is 1. The van der Waals surface area contributed by atoms with Crippen LogP contribution in [0.3, 0.4) is 0 Å². The Morgan fingerprint density at radius 3 is 2.06 bits per heavy atom. The first-order valence-electron chi connectivity index (χ1n) is 8.17. The summed E-state index contributed by atoms with van der Waals surface area (Å²) in [5.74, 6) is 1.84. The topological polar surface area (TPSA) is 3.24 Å². The van der Waals surface area contributed by atoms with E-state index in [0.717, 1.165) is 17.9 Å². The summed E-state index contributed by atoms with van der Waals surface area (Å²) >= 11 is 0. The minimum atomic E-state index is 0.582. The summed E-state index contributed by atoms with van der Waals surface area (Å²) in [7, 11) is 0. The molecule has 1 rings (SSSR count). The molecule has 0 amide bonds. The normalized spacial score (nSPS) is 24.2. The highest BCUT2D eigenvalue weighted by Crippen LogP contribution is 2.43. The zero-order chi connectivity index (χ0) is 13.8. The fourth-order valence-electron chi connectivity index (χ4n) is 3.65. The first-order valence-corrected chi connectivity index (χ1v) is 8.17. The lowest BCUT2D eigenvalue weighted by molar-refractivity contribution is 0.0532. The molecule has 0 spiro atoms. The third-order valence-corrected chi connectivity index (χ3v) is 5.56. The van der Waals surface area contributed by atoms with Gasteiger partial charge in [0.15, 0.2) is 0 Å². The lowest BCUT2D eigenvalue weighted by Crippen LogP contribution is -2.43. The Hall–Kier alpha value is -0.0400. The highest BCUT2D eigenvalue weighted by molar-refractivity contribution is 4.87. The molecule has 2 atom stereocenters. The number of rotatable bonds is 6. The molecule has 108 valence electrons. The molecule has 1 heteroatoms. The molecule has 0 aliphatic carbocycles. The number of piperidine rings is 1. The van der Waals surface area contributed by atoms with E-state index >= 15 is 0 Å². The van der Waals surface area contributed by atoms with E-state index in [1.165, 1.54) is 45.2 Å². The molecule has 0 aromatic carbocycles. The molecule has 1 saturated heterocycles. The van der Waals surface area contributed by atoms with Gasteiger partial charge in [-0.1, -0.05) is 40.5 Å². The summed E-state index contributed by atoms with van der Waals surface area (Å²) in [6.07, 6.45) is 6.94. The van der Waals surface area contributed by atoms with E-state index in [1.807, 2.05) is 0 Å². The molecule has 1 nitrogen and oxygen atoms in total. The van der Waals surface area contributed by atoms with Crippen LogP contribution in [0.2, 0.25) is 0 Å². The summed E-state index contributed by atoms with van der Waals surface area (Å²) in [6.45, 7) is 17.0. The van der Waals surface area contributed by atoms with E-state index in [2.05, 4.69) is 46.4 Å². The summed E-state index contributed by atoms with van der Waals surface area (Å²) in [4.78, 5) is 2.65. The second-order valence-corrected chi connectivity index (χ2v) is 7.13. The predicted molar refractivity (Wildman–Crippen MR) is 81.9 cm³/mol. The molecule has 2 unspecified atom stereocenters. The van der Waals surface area contributed by atoms with Gasteiger partial charge in [-0.25, -0.2) is 0 Å². The quantitative estimate of drug-likeness (QED) is 0.647. The van der Waals surface area contributed by atoms with Gasteiger partial charge in [-0.3, -0.25) is 0 Å². The third kappa shape index (κ3) is 3.98. The van der Waals surface area contributed by atoms with Crippen molar-refractivity contribution in [2.45, 2.75) is 79.7 Å². The van der Waals surface area contributed by atoms with E-state index < -0.39 is 0 Å². The van der Waals surface area contributed by atoms with Gasteiger partial charge >= 0.3 is 0 Å². The average Bonchev–Trinajstić information content (AvgIpc) is 2.38. The second kappa shape index (κ2) is 6.93. The zero-order valence-corrected chi connectivity index (χ0v) is 13.6. The van der Waals surface area contributed by atoms with Crippen LogP contribution in [-0.4, -0.2) is 24.0 Å². The highest BCUT2D eigenvalue weighted by atomic mass is 15.1. The molecular formula is C17H35N. The van der Waals surface area contributed by atoms with Crippen molar-refractivity contribution >= 4 is 0 Å². The Bertz CT molecular complexity index is 228. The van der Waals surface area contributed by atoms with Crippen molar-refractivity contribution in [3.63, 3.8) is 0 Å². The van der Waals surface area contributed by atoms with E-state index in [4.69, 9.17) is 0 Å². The van der Waals surface area contributed by atoms with Gasteiger partial charge < -0.3 is 4.90 Å². The molecule has 0 aromatic heterocycles. The van der Waals surface area contributed by atoms with Crippen LogP contribution >= 0.6 is 0 Å². The average molecular weight is 253 g/mol. The minimum Gasteiger partial charge on any atom is -0.301 e. The molecule has 0 bridgehead atoms. The first-order chi connectivity index (χ1) is 8.42. The van der Waals surface area contributed by atoms with Crippen molar-refractivity contribution in [2.24, 2.45) is 17.3 Å². The molecule has 0 N–H and O–H groups in total. The van der Waals surface area contributed by atoms with E-state index in [-0.39, 0.29) is 0 Å². The fourth-order valence-corrected chi connectivity index (χ4v) is 3.65. The first kappa shape index (κ1) is 16.0. The second-order valence-electron chi connectivity index (χ2n) is 7.13. The Balaban J connectivity index is 2.56. The maximum absolute atomic E-state index is 2.65. The van der Waals surface area contributed by atoms with Gasteiger partial charge in [0.25, 0.3) is 0 Å². The molecule has 0 aromatic rings. The van der Waals surface area contributed by atoms with Crippen LogP contribution in [0.1, 0.15) is 73.6 Å². The summed E-state index contributed by atoms with van der Waals surface area (Å²) in [5.41, 5.74) is 0.582. The molecule has 1 heterocycles. The Labute approximate surface area is 115 Å². The Morgan fingerprint density at radius 2 is 1.67 bits per heavy atom. The van der Waals surface area contributed by atoms with Crippen molar-refractivity contribution < 1.29 is 0 Å². The van der Waals surface area contributed by atoms with Crippen LogP contribution in [0.4, 0.5) is 0 Å². The van der Waals surface area contributed by atoms with E-state index in [1.54, 1.807) is 0 Å². The van der Waals surface area contributed by atoms with Gasteiger partial charge in [-0.05, 0) is 63.5 Å². The van der Waals surface area contributed by atoms with Crippen LogP contribution < -0.4 is 0 Å². The standard InChI is InChI=1S/C17H35N/c1-7-15(5)13-17(6,8-2)16-9-11-18(12-10-16)14(3)4/h14-16H,7-13H2,1-6H3. The smallest absolute Gasteiger partial charge is 0.00385 e. The van der Waals surface area contributed by atoms with Crippen molar-refractivity contribution in [1.29, 1.82) is 0 Å². The lowest BCUT2D eigenvalue weighted by Gasteiger charge is -2.44. The van der Waals surface area contributed by atoms with Crippen molar-refractivity contribution in [3.8, 4) is 0 Å². The van der Waals surface area contributed by atoms with E-state index in [0.29, 0.717) is 5.41 Å². The fraction of sp³-hybridized carbons (Fsp3) is 1.00. The number of nitrogens with zero attached hydrogens (tertiary/aromatic N) is 1. The van der Waals surface area contributed by atoms with Crippen LogP contribution in [-0.2, 0) is 0 Å². The van der Waals surface area contributed by atoms with Gasteiger partial charge in [0.05, 0.1) is 0 Å². The SMILES string of the molecule is CCC(C)CC(C)(CC)C1CCN(C(C)C)CC1. The molecule has 1 aliphatic heterocycles. The van der Waals surface area contributed by atoms with Crippen molar-refractivity contribution in [2.75, 3.05) is 13.1 Å². The predicted octanol–water partition coefficient (Wildman–Crippen LogP) is 4.96. The van der Waals surface area contributed by atoms with Crippen LogP contribution in [0.15, 0.2) is 0 Å². The molecule has 1 aliphatic rings. The summed E-state index contributed by atoms with van der Waals surface area (Å²) < 4.78 is 0. The van der Waals surface area contributed by atoms with Gasteiger partial charge in [-0.2, -0.15) is 0 Å². The third-order valence-electron chi connectivity index (χ3n) is 5.56. The number of hydrogen-bond donors (Lipinski definition) is 0. The van der Waals surface area contributed by atoms with Crippen molar-refractivity contribution in [3.05, 3.63) is 0 Å². The molecule has 0 radical (unpaired) electrons. The van der Waals surface area contributed by atoms with Gasteiger partial charge in [0, 0.05) is 6.04 Å². The van der Waals surface area contributed by atoms with Gasteiger partial charge in [0.2, 0.25) is 0 Å². The Morgan fingerprint density at radius 1 is 1.11 bits per heavy atom. The lowest BCUT2D eigenvalue weighted by atomic mass is 9.66. The molecule has 18 heavy (non-hydrogen) atoms. The largest absolute Gasteiger partial charge is 0.301 e. The maximum atomic E-state index is 2.65. The summed E-state index contributed by atoms with van der Waals surface area (Å²) in [5, 5.41) is 0. The van der Waals surface area contributed by atoms with Crippen molar-refractivity contribution in [1.82, 2.24) is 4.90 Å². The highest BCUT2D eigenvalue weighted by Gasteiger charge is 2.35. The van der Waals surface area contributed by atoms with Crippen LogP contribution in [0.5, 0.6) is 0 Å². The van der Waals surface area contributed by atoms with Gasteiger partial charge in [-0.15, -0.1) is 0 Å². The molecule has 0 saturated carbocycles. The van der Waals surface area contributed by atoms with Crippen LogP contribution in [0, 0.1) is 17.3 Å². The zero-order valence-electron chi connectivity index (χ0n) is 13.6. The minimum absolute atomic E-state index is 0.582. The summed E-state index contributed by atoms with van der Waals surface area (Å²) in [6, 6.07) is 0.730. The Kier molecular flexibility index (Phi) is 6.17. The van der Waals surface area contributed by atoms with Gasteiger partial charge in [0.1, 0.15) is 0 Å². The maximum Gasteiger partial charge on any atom is 0.00385 e. The molecular weight excluding hydrogens is 218 g/mol.